The molecule has 0 unspecified atom stereocenters. The van der Waals surface area contributed by atoms with Crippen molar-refractivity contribution in [3.05, 3.63) is 18.5 Å². The Balaban J connectivity index is 1.88. The van der Waals surface area contributed by atoms with Crippen molar-refractivity contribution in [2.24, 2.45) is 5.41 Å². The van der Waals surface area contributed by atoms with E-state index >= 15 is 0 Å². The Morgan fingerprint density at radius 1 is 1.17 bits per heavy atom. The van der Waals surface area contributed by atoms with Gasteiger partial charge in [0.25, 0.3) is 0 Å². The topological polar surface area (TPSA) is 37.0 Å². The zero-order chi connectivity index (χ0) is 12.8. The first kappa shape index (κ1) is 13.2. The maximum atomic E-state index is 4.28. The largest absolute Gasteiger partial charge is 0.384 e. The Morgan fingerprint density at radius 3 is 2.50 bits per heavy atom. The van der Waals surface area contributed by atoms with Gasteiger partial charge in [0.05, 0.1) is 23.8 Å². The van der Waals surface area contributed by atoms with E-state index in [-0.39, 0.29) is 0 Å². The van der Waals surface area contributed by atoms with Crippen molar-refractivity contribution < 1.29 is 0 Å². The van der Waals surface area contributed by atoms with E-state index in [9.17, 15) is 0 Å². The lowest BCUT2D eigenvalue weighted by Gasteiger charge is -2.24. The second kappa shape index (κ2) is 6.07. The molecule has 1 aromatic heterocycles. The van der Waals surface area contributed by atoms with Crippen LogP contribution in [0.5, 0.6) is 0 Å². The summed E-state index contributed by atoms with van der Waals surface area (Å²) in [5, 5.41) is 6.91. The molecule has 1 heterocycles. The Hall–Kier alpha value is -1.25. The SMILES string of the molecule is CCCNc1cncc(NCC2(C)CCCC2)c1. The number of hydrogen-bond donors (Lipinski definition) is 2. The molecule has 1 fully saturated rings. The molecule has 2 rings (SSSR count). The van der Waals surface area contributed by atoms with Gasteiger partial charge in [-0.15, -0.1) is 0 Å². The maximum absolute atomic E-state index is 4.28. The molecule has 0 aromatic carbocycles. The van der Waals surface area contributed by atoms with Crippen LogP contribution in [0, 0.1) is 5.41 Å². The monoisotopic (exact) mass is 247 g/mol. The first-order valence-electron chi connectivity index (χ1n) is 7.15. The highest BCUT2D eigenvalue weighted by Crippen LogP contribution is 2.37. The number of pyridine rings is 1. The zero-order valence-corrected chi connectivity index (χ0v) is 11.6. The van der Waals surface area contributed by atoms with E-state index < -0.39 is 0 Å². The summed E-state index contributed by atoms with van der Waals surface area (Å²) >= 11 is 0. The van der Waals surface area contributed by atoms with Crippen molar-refractivity contribution in [1.82, 2.24) is 4.98 Å². The van der Waals surface area contributed by atoms with Gasteiger partial charge in [-0.25, -0.2) is 0 Å². The third-order valence-corrected chi connectivity index (χ3v) is 3.85. The van der Waals surface area contributed by atoms with E-state index in [2.05, 4.69) is 35.5 Å². The summed E-state index contributed by atoms with van der Waals surface area (Å²) in [6.07, 6.45) is 10.4. The van der Waals surface area contributed by atoms with Gasteiger partial charge in [0, 0.05) is 13.1 Å². The summed E-state index contributed by atoms with van der Waals surface area (Å²) in [6, 6.07) is 2.15. The second-order valence-corrected chi connectivity index (χ2v) is 5.76. The van der Waals surface area contributed by atoms with E-state index in [0.29, 0.717) is 5.41 Å². The molecular formula is C15H25N3. The van der Waals surface area contributed by atoms with Crippen LogP contribution in [0.15, 0.2) is 18.5 Å². The zero-order valence-electron chi connectivity index (χ0n) is 11.6. The van der Waals surface area contributed by atoms with Gasteiger partial charge in [0.1, 0.15) is 0 Å². The Labute approximate surface area is 110 Å². The molecule has 0 radical (unpaired) electrons. The summed E-state index contributed by atoms with van der Waals surface area (Å²) in [5.74, 6) is 0. The lowest BCUT2D eigenvalue weighted by atomic mass is 9.89. The summed E-state index contributed by atoms with van der Waals surface area (Å²) in [4.78, 5) is 4.28. The highest BCUT2D eigenvalue weighted by Gasteiger charge is 2.28. The molecule has 0 saturated heterocycles. The number of anilines is 2. The van der Waals surface area contributed by atoms with E-state index in [1.165, 1.54) is 25.7 Å². The molecule has 3 heteroatoms. The molecule has 100 valence electrons. The minimum atomic E-state index is 0.479. The lowest BCUT2D eigenvalue weighted by Crippen LogP contribution is -2.23. The first-order chi connectivity index (χ1) is 8.72. The van der Waals surface area contributed by atoms with Crippen molar-refractivity contribution in [1.29, 1.82) is 0 Å². The van der Waals surface area contributed by atoms with Crippen LogP contribution < -0.4 is 10.6 Å². The van der Waals surface area contributed by atoms with E-state index in [1.807, 2.05) is 12.4 Å². The molecule has 3 nitrogen and oxygen atoms in total. The van der Waals surface area contributed by atoms with Gasteiger partial charge in [-0.3, -0.25) is 4.98 Å². The highest BCUT2D eigenvalue weighted by atomic mass is 14.9. The van der Waals surface area contributed by atoms with Crippen molar-refractivity contribution in [3.63, 3.8) is 0 Å². The van der Waals surface area contributed by atoms with Crippen LogP contribution in [0.3, 0.4) is 0 Å². The fourth-order valence-corrected chi connectivity index (χ4v) is 2.62. The van der Waals surface area contributed by atoms with Gasteiger partial charge < -0.3 is 10.6 Å². The van der Waals surface area contributed by atoms with E-state index in [0.717, 1.165) is 30.9 Å². The van der Waals surface area contributed by atoms with E-state index in [4.69, 9.17) is 0 Å². The number of rotatable bonds is 6. The number of nitrogens with one attached hydrogen (secondary N) is 2. The summed E-state index contributed by atoms with van der Waals surface area (Å²) in [6.45, 7) is 6.62. The van der Waals surface area contributed by atoms with Gasteiger partial charge >= 0.3 is 0 Å². The Kier molecular flexibility index (Phi) is 4.45. The molecule has 0 spiro atoms. The fourth-order valence-electron chi connectivity index (χ4n) is 2.62. The third kappa shape index (κ3) is 3.62. The molecule has 0 aliphatic heterocycles. The van der Waals surface area contributed by atoms with Crippen molar-refractivity contribution in [2.75, 3.05) is 23.7 Å². The molecular weight excluding hydrogens is 222 g/mol. The maximum Gasteiger partial charge on any atom is 0.0547 e. The van der Waals surface area contributed by atoms with Crippen LogP contribution >= 0.6 is 0 Å². The van der Waals surface area contributed by atoms with Crippen LogP contribution in [0.25, 0.3) is 0 Å². The molecule has 2 N–H and O–H groups in total. The average molecular weight is 247 g/mol. The molecule has 18 heavy (non-hydrogen) atoms. The molecule has 1 aromatic rings. The number of hydrogen-bond acceptors (Lipinski definition) is 3. The minimum Gasteiger partial charge on any atom is -0.384 e. The van der Waals surface area contributed by atoms with Gasteiger partial charge in [0.2, 0.25) is 0 Å². The standard InChI is InChI=1S/C15H25N3/c1-3-8-17-13-9-14(11-16-10-13)18-12-15(2)6-4-5-7-15/h9-11,17-18H,3-8,12H2,1-2H3. The normalized spacial score (nSPS) is 17.7. The van der Waals surface area contributed by atoms with Crippen molar-refractivity contribution in [2.45, 2.75) is 46.0 Å². The van der Waals surface area contributed by atoms with Crippen LogP contribution in [-0.4, -0.2) is 18.1 Å². The van der Waals surface area contributed by atoms with E-state index in [1.54, 1.807) is 0 Å². The van der Waals surface area contributed by atoms with Crippen molar-refractivity contribution in [3.8, 4) is 0 Å². The average Bonchev–Trinajstić information content (AvgIpc) is 2.82. The van der Waals surface area contributed by atoms with Crippen LogP contribution in [-0.2, 0) is 0 Å². The Bertz CT molecular complexity index is 370. The summed E-state index contributed by atoms with van der Waals surface area (Å²) < 4.78 is 0. The van der Waals surface area contributed by atoms with Crippen LogP contribution in [0.1, 0.15) is 46.0 Å². The first-order valence-corrected chi connectivity index (χ1v) is 7.15. The second-order valence-electron chi connectivity index (χ2n) is 5.76. The summed E-state index contributed by atoms with van der Waals surface area (Å²) in [5.41, 5.74) is 2.72. The predicted octanol–water partition coefficient (Wildman–Crippen LogP) is 3.90. The van der Waals surface area contributed by atoms with Crippen LogP contribution in [0.2, 0.25) is 0 Å². The third-order valence-electron chi connectivity index (χ3n) is 3.85. The predicted molar refractivity (Wildman–Crippen MR) is 78.1 cm³/mol. The minimum absolute atomic E-state index is 0.479. The van der Waals surface area contributed by atoms with Gasteiger partial charge in [0.15, 0.2) is 0 Å². The quantitative estimate of drug-likeness (QED) is 0.800. The number of aromatic nitrogens is 1. The smallest absolute Gasteiger partial charge is 0.0547 e. The lowest BCUT2D eigenvalue weighted by molar-refractivity contribution is 0.362. The van der Waals surface area contributed by atoms with Gasteiger partial charge in [-0.2, -0.15) is 0 Å². The molecule has 0 amide bonds. The van der Waals surface area contributed by atoms with Crippen LogP contribution in [0.4, 0.5) is 11.4 Å². The Morgan fingerprint density at radius 2 is 1.83 bits per heavy atom. The highest BCUT2D eigenvalue weighted by molar-refractivity contribution is 5.54. The molecule has 1 aliphatic rings. The number of nitrogens with zero attached hydrogens (tertiary/aromatic N) is 1. The van der Waals surface area contributed by atoms with Gasteiger partial charge in [-0.1, -0.05) is 26.7 Å². The van der Waals surface area contributed by atoms with Gasteiger partial charge in [-0.05, 0) is 30.7 Å². The molecule has 1 saturated carbocycles. The molecule has 0 atom stereocenters. The summed E-state index contributed by atoms with van der Waals surface area (Å²) in [7, 11) is 0. The molecule has 1 aliphatic carbocycles. The van der Waals surface area contributed by atoms with Crippen molar-refractivity contribution >= 4 is 11.4 Å². The fraction of sp³-hybridized carbons (Fsp3) is 0.667. The molecule has 0 bridgehead atoms.